The summed E-state index contributed by atoms with van der Waals surface area (Å²) in [4.78, 5) is 19.1. The van der Waals surface area contributed by atoms with Crippen LogP contribution in [-0.2, 0) is 24.6 Å². The first-order valence-electron chi connectivity index (χ1n) is 9.13. The molecule has 2 rings (SSSR count). The molecule has 0 aliphatic heterocycles. The Morgan fingerprint density at radius 2 is 1.86 bits per heavy atom. The zero-order valence-corrected chi connectivity index (χ0v) is 16.3. The molecule has 9 nitrogen and oxygen atoms in total. The molecule has 0 fully saturated rings. The number of carbonyl (C=O) groups excluding carboxylic acids is 1. The van der Waals surface area contributed by atoms with Crippen molar-refractivity contribution in [2.24, 2.45) is 4.99 Å². The Hall–Kier alpha value is -2.56. The molecule has 1 aromatic heterocycles. The van der Waals surface area contributed by atoms with Crippen molar-refractivity contribution in [1.82, 2.24) is 4.98 Å². The highest BCUT2D eigenvalue weighted by molar-refractivity contribution is 5.99. The van der Waals surface area contributed by atoms with E-state index in [1.807, 2.05) is 0 Å². The van der Waals surface area contributed by atoms with Crippen molar-refractivity contribution in [2.75, 3.05) is 13.3 Å². The van der Waals surface area contributed by atoms with E-state index in [4.69, 9.17) is 9.84 Å². The molecule has 29 heavy (non-hydrogen) atoms. The first-order chi connectivity index (χ1) is 13.9. The van der Waals surface area contributed by atoms with Gasteiger partial charge in [0.25, 0.3) is 0 Å². The van der Waals surface area contributed by atoms with E-state index in [0.29, 0.717) is 33.5 Å². The Morgan fingerprint density at radius 3 is 2.38 bits per heavy atom. The van der Waals surface area contributed by atoms with Crippen molar-refractivity contribution in [3.05, 3.63) is 45.8 Å². The SMILES string of the molecule is CCOC(=O)c1[nH]c(/C=N/CO)c(-c2ccc(CO)c(CO)c2CO)c1C(C)O. The van der Waals surface area contributed by atoms with E-state index in [1.165, 1.54) is 13.1 Å². The number of aliphatic hydroxyl groups excluding tert-OH is 5. The number of carbonyl (C=O) groups is 1. The van der Waals surface area contributed by atoms with Gasteiger partial charge in [-0.25, -0.2) is 4.79 Å². The van der Waals surface area contributed by atoms with Crippen LogP contribution in [0.1, 0.15) is 58.4 Å². The van der Waals surface area contributed by atoms with Crippen molar-refractivity contribution in [2.45, 2.75) is 39.8 Å². The second-order valence-electron chi connectivity index (χ2n) is 6.26. The molecule has 2 aromatic rings. The predicted molar refractivity (Wildman–Crippen MR) is 105 cm³/mol. The van der Waals surface area contributed by atoms with Crippen molar-refractivity contribution >= 4 is 12.2 Å². The average Bonchev–Trinajstić information content (AvgIpc) is 3.10. The van der Waals surface area contributed by atoms with Crippen LogP contribution in [0.4, 0.5) is 0 Å². The first kappa shape index (κ1) is 22.7. The third-order valence-electron chi connectivity index (χ3n) is 4.55. The standard InChI is InChI=1S/C20H26N2O7/c1-3-29-20(28)19-17(11(2)27)18(16(22-19)6-21-10-26)13-5-4-12(7-23)14(8-24)15(13)9-25/h4-6,11,22-27H,3,7-10H2,1-2H3/b21-6+. The maximum absolute atomic E-state index is 12.4. The Kier molecular flexibility index (Phi) is 8.06. The molecular formula is C20H26N2O7. The van der Waals surface area contributed by atoms with Crippen LogP contribution in [0.5, 0.6) is 0 Å². The highest BCUT2D eigenvalue weighted by Gasteiger charge is 2.28. The number of aliphatic imine (C=N–C) groups is 1. The maximum Gasteiger partial charge on any atom is 0.355 e. The molecule has 0 radical (unpaired) electrons. The van der Waals surface area contributed by atoms with Crippen LogP contribution in [0.3, 0.4) is 0 Å². The van der Waals surface area contributed by atoms with Crippen LogP contribution in [0.25, 0.3) is 11.1 Å². The minimum Gasteiger partial charge on any atom is -0.461 e. The van der Waals surface area contributed by atoms with Gasteiger partial charge in [-0.05, 0) is 36.1 Å². The Labute approximate surface area is 167 Å². The smallest absolute Gasteiger partial charge is 0.355 e. The number of nitrogens with one attached hydrogen (secondary N) is 1. The summed E-state index contributed by atoms with van der Waals surface area (Å²) >= 11 is 0. The number of esters is 1. The number of hydrogen-bond donors (Lipinski definition) is 6. The zero-order valence-electron chi connectivity index (χ0n) is 16.3. The summed E-state index contributed by atoms with van der Waals surface area (Å²) in [5.41, 5.74) is 2.54. The van der Waals surface area contributed by atoms with E-state index in [1.54, 1.807) is 19.1 Å². The van der Waals surface area contributed by atoms with E-state index < -0.39 is 32.0 Å². The van der Waals surface area contributed by atoms with Crippen LogP contribution < -0.4 is 0 Å². The Bertz CT molecular complexity index is 887. The molecule has 0 amide bonds. The molecule has 158 valence electrons. The van der Waals surface area contributed by atoms with E-state index in [-0.39, 0.29) is 24.5 Å². The number of ether oxygens (including phenoxy) is 1. The summed E-state index contributed by atoms with van der Waals surface area (Å²) in [7, 11) is 0. The molecule has 1 aromatic carbocycles. The molecule has 9 heteroatoms. The molecule has 1 unspecified atom stereocenters. The topological polar surface area (TPSA) is 156 Å². The van der Waals surface area contributed by atoms with Crippen molar-refractivity contribution in [3.63, 3.8) is 0 Å². The number of aromatic amines is 1. The van der Waals surface area contributed by atoms with Crippen LogP contribution in [-0.4, -0.2) is 56.0 Å². The van der Waals surface area contributed by atoms with Crippen molar-refractivity contribution < 1.29 is 35.1 Å². The maximum atomic E-state index is 12.4. The number of H-pyrrole nitrogens is 1. The van der Waals surface area contributed by atoms with Gasteiger partial charge in [-0.3, -0.25) is 4.99 Å². The number of aliphatic hydroxyl groups is 5. The third kappa shape index (κ3) is 4.55. The van der Waals surface area contributed by atoms with Crippen LogP contribution in [0.15, 0.2) is 17.1 Å². The van der Waals surface area contributed by atoms with Gasteiger partial charge in [0.1, 0.15) is 12.4 Å². The summed E-state index contributed by atoms with van der Waals surface area (Å²) in [6.07, 6.45) is 0.225. The summed E-state index contributed by atoms with van der Waals surface area (Å²) < 4.78 is 5.07. The number of aromatic nitrogens is 1. The van der Waals surface area contributed by atoms with Gasteiger partial charge in [0.05, 0.1) is 38.2 Å². The van der Waals surface area contributed by atoms with Gasteiger partial charge in [-0.2, -0.15) is 0 Å². The van der Waals surface area contributed by atoms with Gasteiger partial charge in [-0.15, -0.1) is 0 Å². The average molecular weight is 406 g/mol. The van der Waals surface area contributed by atoms with Gasteiger partial charge in [-0.1, -0.05) is 12.1 Å². The van der Waals surface area contributed by atoms with Gasteiger partial charge in [0, 0.05) is 17.3 Å². The van der Waals surface area contributed by atoms with Crippen LogP contribution >= 0.6 is 0 Å². The van der Waals surface area contributed by atoms with Crippen LogP contribution in [0.2, 0.25) is 0 Å². The predicted octanol–water partition coefficient (Wildman–Crippen LogP) is 0.757. The monoisotopic (exact) mass is 406 g/mol. The minimum atomic E-state index is -1.08. The summed E-state index contributed by atoms with van der Waals surface area (Å²) in [6.45, 7) is 1.59. The van der Waals surface area contributed by atoms with E-state index >= 15 is 0 Å². The van der Waals surface area contributed by atoms with E-state index in [0.717, 1.165) is 0 Å². The fourth-order valence-electron chi connectivity index (χ4n) is 3.34. The molecule has 0 saturated carbocycles. The van der Waals surface area contributed by atoms with Crippen molar-refractivity contribution in [1.29, 1.82) is 0 Å². The molecule has 1 heterocycles. The minimum absolute atomic E-state index is 0.0249. The number of rotatable bonds is 9. The number of nitrogens with zero attached hydrogens (tertiary/aromatic N) is 1. The highest BCUT2D eigenvalue weighted by Crippen LogP contribution is 2.38. The quantitative estimate of drug-likeness (QED) is 0.265. The molecule has 6 N–H and O–H groups in total. The summed E-state index contributed by atoms with van der Waals surface area (Å²) in [5.74, 6) is -0.673. The lowest BCUT2D eigenvalue weighted by Crippen LogP contribution is -2.10. The molecule has 0 aliphatic carbocycles. The van der Waals surface area contributed by atoms with Crippen LogP contribution in [0, 0.1) is 0 Å². The van der Waals surface area contributed by atoms with E-state index in [9.17, 15) is 25.2 Å². The van der Waals surface area contributed by atoms with Gasteiger partial charge in [0.2, 0.25) is 0 Å². The van der Waals surface area contributed by atoms with Gasteiger partial charge >= 0.3 is 5.97 Å². The first-order valence-corrected chi connectivity index (χ1v) is 9.13. The highest BCUT2D eigenvalue weighted by atomic mass is 16.5. The summed E-state index contributed by atoms with van der Waals surface area (Å²) in [6, 6.07) is 3.21. The molecule has 0 bridgehead atoms. The number of hydrogen-bond acceptors (Lipinski definition) is 8. The lowest BCUT2D eigenvalue weighted by atomic mass is 9.89. The molecule has 0 saturated heterocycles. The lowest BCUT2D eigenvalue weighted by Gasteiger charge is -2.18. The Morgan fingerprint density at radius 1 is 1.17 bits per heavy atom. The fourth-order valence-corrected chi connectivity index (χ4v) is 3.34. The molecule has 0 aliphatic rings. The van der Waals surface area contributed by atoms with Gasteiger partial charge < -0.3 is 35.3 Å². The molecule has 1 atom stereocenters. The van der Waals surface area contributed by atoms with Gasteiger partial charge in [0.15, 0.2) is 0 Å². The molecule has 0 spiro atoms. The number of benzene rings is 1. The lowest BCUT2D eigenvalue weighted by molar-refractivity contribution is 0.0514. The zero-order chi connectivity index (χ0) is 21.6. The van der Waals surface area contributed by atoms with E-state index in [2.05, 4.69) is 9.98 Å². The largest absolute Gasteiger partial charge is 0.461 e. The normalized spacial score (nSPS) is 12.5. The summed E-state index contributed by atoms with van der Waals surface area (Å²) in [5, 5.41) is 48.8. The third-order valence-corrected chi connectivity index (χ3v) is 4.55. The molecular weight excluding hydrogens is 380 g/mol. The van der Waals surface area contributed by atoms with Crippen molar-refractivity contribution in [3.8, 4) is 11.1 Å². The second-order valence-corrected chi connectivity index (χ2v) is 6.26. The Balaban J connectivity index is 2.89. The second kappa shape index (κ2) is 10.3. The fraction of sp³-hybridized carbons (Fsp3) is 0.400.